The molecule has 1 atom stereocenters. The van der Waals surface area contributed by atoms with Gasteiger partial charge in [-0.3, -0.25) is 4.79 Å². The first kappa shape index (κ1) is 14.1. The topological polar surface area (TPSA) is 86.6 Å². The van der Waals surface area contributed by atoms with Crippen molar-refractivity contribution in [1.29, 1.82) is 0 Å². The molecule has 1 aromatic carbocycles. The highest BCUT2D eigenvalue weighted by atomic mass is 19.1. The van der Waals surface area contributed by atoms with E-state index in [9.17, 15) is 19.1 Å². The Hall–Kier alpha value is -1.95. The number of carbonyl (C=O) groups excluding carboxylic acids is 1. The van der Waals surface area contributed by atoms with E-state index in [0.717, 1.165) is 13.0 Å². The third-order valence-corrected chi connectivity index (χ3v) is 2.49. The van der Waals surface area contributed by atoms with Crippen LogP contribution in [0.5, 0.6) is 0 Å². The number of hydrogen-bond donors (Lipinski definition) is 3. The van der Waals surface area contributed by atoms with Gasteiger partial charge in [0.15, 0.2) is 5.60 Å². The predicted octanol–water partition coefficient (Wildman–Crippen LogP) is 0.700. The van der Waals surface area contributed by atoms with Crippen LogP contribution in [0.2, 0.25) is 0 Å². The number of amides is 1. The fourth-order valence-corrected chi connectivity index (χ4v) is 1.16. The maximum Gasteiger partial charge on any atom is 0.337 e. The van der Waals surface area contributed by atoms with Crippen LogP contribution in [0.25, 0.3) is 0 Å². The normalized spacial score (nSPS) is 13.8. The number of rotatable bonds is 4. The number of carbonyl (C=O) groups is 2. The van der Waals surface area contributed by atoms with Gasteiger partial charge in [-0.2, -0.15) is 0 Å². The van der Waals surface area contributed by atoms with Crippen molar-refractivity contribution >= 4 is 11.9 Å². The zero-order valence-corrected chi connectivity index (χ0v) is 10.0. The summed E-state index contributed by atoms with van der Waals surface area (Å²) in [6, 6.07) is 3.92. The Kier molecular flexibility index (Phi) is 4.03. The molecular formula is C12H14FNO4. The molecule has 0 saturated carbocycles. The van der Waals surface area contributed by atoms with Gasteiger partial charge in [-0.25, -0.2) is 9.18 Å². The first-order valence-electron chi connectivity index (χ1n) is 5.24. The van der Waals surface area contributed by atoms with Gasteiger partial charge in [0, 0.05) is 5.56 Å². The molecule has 0 aliphatic heterocycles. The molecule has 1 aromatic rings. The van der Waals surface area contributed by atoms with Crippen LogP contribution in [-0.2, 0) is 4.79 Å². The number of halogens is 1. The molecule has 0 bridgehead atoms. The second-order valence-electron chi connectivity index (χ2n) is 4.23. The number of carboxylic acid groups (broad SMARTS) is 1. The van der Waals surface area contributed by atoms with Gasteiger partial charge >= 0.3 is 5.97 Å². The van der Waals surface area contributed by atoms with Crippen molar-refractivity contribution in [2.75, 3.05) is 6.54 Å². The van der Waals surface area contributed by atoms with Crippen molar-refractivity contribution in [2.24, 2.45) is 0 Å². The predicted molar refractivity (Wildman–Crippen MR) is 61.7 cm³/mol. The fraction of sp³-hybridized carbons (Fsp3) is 0.333. The lowest BCUT2D eigenvalue weighted by atomic mass is 10.1. The van der Waals surface area contributed by atoms with Crippen LogP contribution in [-0.4, -0.2) is 34.2 Å². The van der Waals surface area contributed by atoms with Gasteiger partial charge in [-0.05, 0) is 31.5 Å². The minimum absolute atomic E-state index is 0.0688. The average Bonchev–Trinajstić information content (AvgIpc) is 2.29. The van der Waals surface area contributed by atoms with E-state index in [0.29, 0.717) is 5.56 Å². The standard InChI is InChI=1S/C12H14FNO4/c1-7-3-4-8(5-9(7)13)10(15)14-6-12(2,18)11(16)17/h3-5,18H,6H2,1-2H3,(H,14,15)(H,16,17). The van der Waals surface area contributed by atoms with Crippen molar-refractivity contribution in [3.63, 3.8) is 0 Å². The van der Waals surface area contributed by atoms with Crippen LogP contribution in [0.4, 0.5) is 4.39 Å². The fourth-order valence-electron chi connectivity index (χ4n) is 1.16. The summed E-state index contributed by atoms with van der Waals surface area (Å²) in [6.07, 6.45) is 0. The van der Waals surface area contributed by atoms with Gasteiger partial charge in [0.05, 0.1) is 6.54 Å². The van der Waals surface area contributed by atoms with Gasteiger partial charge in [-0.15, -0.1) is 0 Å². The Morgan fingerprint density at radius 1 is 1.44 bits per heavy atom. The van der Waals surface area contributed by atoms with Crippen LogP contribution < -0.4 is 5.32 Å². The number of aryl methyl sites for hydroxylation is 1. The number of hydrogen-bond acceptors (Lipinski definition) is 3. The highest BCUT2D eigenvalue weighted by Gasteiger charge is 2.30. The van der Waals surface area contributed by atoms with Crippen molar-refractivity contribution < 1.29 is 24.2 Å². The SMILES string of the molecule is Cc1ccc(C(=O)NCC(C)(O)C(=O)O)cc1F. The van der Waals surface area contributed by atoms with E-state index in [-0.39, 0.29) is 5.56 Å². The van der Waals surface area contributed by atoms with Crippen LogP contribution in [0.15, 0.2) is 18.2 Å². The highest BCUT2D eigenvalue weighted by Crippen LogP contribution is 2.09. The zero-order valence-electron chi connectivity index (χ0n) is 10.0. The molecule has 0 heterocycles. The second-order valence-corrected chi connectivity index (χ2v) is 4.23. The summed E-state index contributed by atoms with van der Waals surface area (Å²) in [5, 5.41) is 20.3. The number of aliphatic carboxylic acids is 1. The maximum atomic E-state index is 13.2. The molecule has 98 valence electrons. The Morgan fingerprint density at radius 2 is 2.06 bits per heavy atom. The lowest BCUT2D eigenvalue weighted by Gasteiger charge is -2.18. The zero-order chi connectivity index (χ0) is 13.9. The summed E-state index contributed by atoms with van der Waals surface area (Å²) < 4.78 is 13.2. The largest absolute Gasteiger partial charge is 0.479 e. The number of benzene rings is 1. The quantitative estimate of drug-likeness (QED) is 0.739. The molecule has 0 aliphatic rings. The molecule has 6 heteroatoms. The van der Waals surface area contributed by atoms with E-state index in [1.54, 1.807) is 6.92 Å². The Morgan fingerprint density at radius 3 is 2.56 bits per heavy atom. The molecule has 0 radical (unpaired) electrons. The summed E-state index contributed by atoms with van der Waals surface area (Å²) in [7, 11) is 0. The van der Waals surface area contributed by atoms with E-state index in [1.165, 1.54) is 12.1 Å². The van der Waals surface area contributed by atoms with Crippen LogP contribution >= 0.6 is 0 Å². The van der Waals surface area contributed by atoms with Crippen molar-refractivity contribution in [3.8, 4) is 0 Å². The van der Waals surface area contributed by atoms with Gasteiger partial charge in [-0.1, -0.05) is 6.07 Å². The van der Waals surface area contributed by atoms with Gasteiger partial charge in [0.25, 0.3) is 5.91 Å². The molecular weight excluding hydrogens is 241 g/mol. The first-order valence-corrected chi connectivity index (χ1v) is 5.24. The van der Waals surface area contributed by atoms with Gasteiger partial charge in [0.2, 0.25) is 0 Å². The van der Waals surface area contributed by atoms with Crippen molar-refractivity contribution in [1.82, 2.24) is 5.32 Å². The summed E-state index contributed by atoms with van der Waals surface area (Å²) in [5.74, 6) is -2.61. The second kappa shape index (κ2) is 5.14. The third-order valence-electron chi connectivity index (χ3n) is 2.49. The molecule has 0 fully saturated rings. The summed E-state index contributed by atoms with van der Waals surface area (Å²) in [6.45, 7) is 2.16. The molecule has 0 saturated heterocycles. The van der Waals surface area contributed by atoms with E-state index in [2.05, 4.69) is 5.32 Å². The molecule has 5 nitrogen and oxygen atoms in total. The van der Waals surface area contributed by atoms with E-state index in [1.807, 2.05) is 0 Å². The first-order chi connectivity index (χ1) is 8.24. The molecule has 1 unspecified atom stereocenters. The van der Waals surface area contributed by atoms with E-state index >= 15 is 0 Å². The maximum absolute atomic E-state index is 13.2. The minimum Gasteiger partial charge on any atom is -0.479 e. The minimum atomic E-state index is -2.06. The monoisotopic (exact) mass is 255 g/mol. The Balaban J connectivity index is 2.72. The Labute approximate surface area is 103 Å². The molecule has 0 spiro atoms. The van der Waals surface area contributed by atoms with E-state index < -0.39 is 29.8 Å². The van der Waals surface area contributed by atoms with Crippen molar-refractivity contribution in [2.45, 2.75) is 19.4 Å². The summed E-state index contributed by atoms with van der Waals surface area (Å²) in [4.78, 5) is 22.2. The van der Waals surface area contributed by atoms with Gasteiger partial charge < -0.3 is 15.5 Å². The number of aliphatic hydroxyl groups is 1. The van der Waals surface area contributed by atoms with Gasteiger partial charge in [0.1, 0.15) is 5.82 Å². The smallest absolute Gasteiger partial charge is 0.337 e. The summed E-state index contributed by atoms with van der Waals surface area (Å²) in [5.41, 5.74) is -1.58. The van der Waals surface area contributed by atoms with E-state index in [4.69, 9.17) is 5.11 Å². The number of nitrogens with one attached hydrogen (secondary N) is 1. The number of carboxylic acids is 1. The van der Waals surface area contributed by atoms with Crippen LogP contribution in [0, 0.1) is 12.7 Å². The van der Waals surface area contributed by atoms with Crippen LogP contribution in [0.1, 0.15) is 22.8 Å². The summed E-state index contributed by atoms with van der Waals surface area (Å²) >= 11 is 0. The molecule has 0 aromatic heterocycles. The highest BCUT2D eigenvalue weighted by molar-refractivity contribution is 5.94. The molecule has 1 rings (SSSR count). The lowest BCUT2D eigenvalue weighted by molar-refractivity contribution is -0.155. The van der Waals surface area contributed by atoms with Crippen molar-refractivity contribution in [3.05, 3.63) is 35.1 Å². The lowest BCUT2D eigenvalue weighted by Crippen LogP contribution is -2.46. The molecule has 0 aliphatic carbocycles. The van der Waals surface area contributed by atoms with Crippen LogP contribution in [0.3, 0.4) is 0 Å². The third kappa shape index (κ3) is 3.27. The molecule has 18 heavy (non-hydrogen) atoms. The molecule has 1 amide bonds. The Bertz CT molecular complexity index is 485. The average molecular weight is 255 g/mol. The molecule has 3 N–H and O–H groups in total.